The zero-order valence-corrected chi connectivity index (χ0v) is 19.6. The molecule has 0 aliphatic rings. The summed E-state index contributed by atoms with van der Waals surface area (Å²) in [4.78, 5) is 27.2. The van der Waals surface area contributed by atoms with Crippen molar-refractivity contribution >= 4 is 46.6 Å². The zero-order valence-electron chi connectivity index (χ0n) is 17.3. The highest BCUT2D eigenvalue weighted by atomic mass is 35.5. The first kappa shape index (κ1) is 24.3. The lowest BCUT2D eigenvalue weighted by molar-refractivity contribution is -0.142. The molecule has 2 aromatic carbocycles. The molecule has 0 aliphatic heterocycles. The van der Waals surface area contributed by atoms with E-state index in [2.05, 4.69) is 5.32 Å². The van der Waals surface area contributed by atoms with Crippen LogP contribution in [0.5, 0.6) is 5.75 Å². The Morgan fingerprint density at radius 3 is 2.23 bits per heavy atom. The molecule has 0 unspecified atom stereocenters. The van der Waals surface area contributed by atoms with Crippen molar-refractivity contribution in [1.82, 2.24) is 10.2 Å². The summed E-state index contributed by atoms with van der Waals surface area (Å²) in [5.41, 5.74) is 0.323. The number of ether oxygens (including phenoxy) is 1. The number of carbonyl (C=O) groups is 2. The van der Waals surface area contributed by atoms with Gasteiger partial charge in [0.25, 0.3) is 5.91 Å². The quantitative estimate of drug-likeness (QED) is 0.591. The summed E-state index contributed by atoms with van der Waals surface area (Å²) in [5, 5.41) is 4.28. The molecule has 0 aliphatic carbocycles. The molecule has 0 spiro atoms. The van der Waals surface area contributed by atoms with Crippen molar-refractivity contribution in [1.29, 1.82) is 0 Å². The maximum atomic E-state index is 13.0. The summed E-state index contributed by atoms with van der Waals surface area (Å²) in [7, 11) is 0. The largest absolute Gasteiger partial charge is 0.484 e. The topological polar surface area (TPSA) is 58.6 Å². The Labute approximate surface area is 192 Å². The van der Waals surface area contributed by atoms with Crippen LogP contribution in [0.1, 0.15) is 33.3 Å². The summed E-state index contributed by atoms with van der Waals surface area (Å²) >= 11 is 18.0. The average molecular weight is 472 g/mol. The highest BCUT2D eigenvalue weighted by Crippen LogP contribution is 2.24. The van der Waals surface area contributed by atoms with E-state index in [1.165, 1.54) is 4.90 Å². The van der Waals surface area contributed by atoms with Crippen molar-refractivity contribution < 1.29 is 14.3 Å². The van der Waals surface area contributed by atoms with Gasteiger partial charge < -0.3 is 15.0 Å². The first-order valence-corrected chi connectivity index (χ1v) is 10.5. The summed E-state index contributed by atoms with van der Waals surface area (Å²) in [6, 6.07) is 11.1. The van der Waals surface area contributed by atoms with Gasteiger partial charge in [0.2, 0.25) is 5.91 Å². The molecule has 162 valence electrons. The number of amides is 2. The van der Waals surface area contributed by atoms with Crippen LogP contribution in [-0.2, 0) is 16.1 Å². The van der Waals surface area contributed by atoms with Gasteiger partial charge in [-0.3, -0.25) is 9.59 Å². The van der Waals surface area contributed by atoms with E-state index < -0.39 is 11.6 Å². The molecule has 1 N–H and O–H groups in total. The van der Waals surface area contributed by atoms with Gasteiger partial charge in [0, 0.05) is 17.1 Å². The lowest BCUT2D eigenvalue weighted by atomic mass is 10.1. The van der Waals surface area contributed by atoms with E-state index in [9.17, 15) is 9.59 Å². The molecule has 5 nitrogen and oxygen atoms in total. The van der Waals surface area contributed by atoms with Gasteiger partial charge in [0.1, 0.15) is 11.8 Å². The SMILES string of the molecule is C[C@H](C(=O)NC(C)(C)C)N(Cc1ccc(Cl)c(Cl)c1)C(=O)COc1ccc(Cl)cc1. The van der Waals surface area contributed by atoms with E-state index in [4.69, 9.17) is 39.5 Å². The van der Waals surface area contributed by atoms with Crippen LogP contribution >= 0.6 is 34.8 Å². The second-order valence-corrected chi connectivity index (χ2v) is 9.18. The number of nitrogens with one attached hydrogen (secondary N) is 1. The van der Waals surface area contributed by atoms with Crippen molar-refractivity contribution in [3.05, 3.63) is 63.1 Å². The van der Waals surface area contributed by atoms with Crippen LogP contribution in [0, 0.1) is 0 Å². The van der Waals surface area contributed by atoms with Crippen LogP contribution in [0.25, 0.3) is 0 Å². The standard InChI is InChI=1S/C22H25Cl3N2O3/c1-14(21(29)26-22(2,3)4)27(12-15-5-10-18(24)19(25)11-15)20(28)13-30-17-8-6-16(23)7-9-17/h5-11,14H,12-13H2,1-4H3,(H,26,29)/t14-/m1/s1. The third kappa shape index (κ3) is 7.38. The maximum absolute atomic E-state index is 13.0. The van der Waals surface area contributed by atoms with Crippen LogP contribution in [-0.4, -0.2) is 34.9 Å². The van der Waals surface area contributed by atoms with E-state index in [0.29, 0.717) is 20.8 Å². The van der Waals surface area contributed by atoms with Gasteiger partial charge in [-0.1, -0.05) is 40.9 Å². The maximum Gasteiger partial charge on any atom is 0.261 e. The molecule has 2 rings (SSSR count). The minimum absolute atomic E-state index is 0.179. The molecule has 8 heteroatoms. The molecule has 0 fully saturated rings. The van der Waals surface area contributed by atoms with Crippen molar-refractivity contribution in [3.8, 4) is 5.75 Å². The Kier molecular flexibility index (Phi) is 8.42. The summed E-state index contributed by atoms with van der Waals surface area (Å²) in [6.07, 6.45) is 0. The fourth-order valence-electron chi connectivity index (χ4n) is 2.65. The summed E-state index contributed by atoms with van der Waals surface area (Å²) in [5.74, 6) is -0.0935. The van der Waals surface area contributed by atoms with E-state index in [0.717, 1.165) is 5.56 Å². The van der Waals surface area contributed by atoms with Crippen LogP contribution in [0.15, 0.2) is 42.5 Å². The highest BCUT2D eigenvalue weighted by molar-refractivity contribution is 6.42. The highest BCUT2D eigenvalue weighted by Gasteiger charge is 2.28. The number of carbonyl (C=O) groups excluding carboxylic acids is 2. The van der Waals surface area contributed by atoms with E-state index in [1.54, 1.807) is 49.4 Å². The lowest BCUT2D eigenvalue weighted by Crippen LogP contribution is -2.53. The molecule has 30 heavy (non-hydrogen) atoms. The minimum Gasteiger partial charge on any atom is -0.484 e. The van der Waals surface area contributed by atoms with Crippen molar-refractivity contribution in [3.63, 3.8) is 0 Å². The molecule has 1 atom stereocenters. The van der Waals surface area contributed by atoms with E-state index in [1.807, 2.05) is 20.8 Å². The molecule has 0 radical (unpaired) electrons. The number of benzene rings is 2. The van der Waals surface area contributed by atoms with Gasteiger partial charge in [-0.05, 0) is 69.7 Å². The van der Waals surface area contributed by atoms with Crippen LogP contribution < -0.4 is 10.1 Å². The van der Waals surface area contributed by atoms with Gasteiger partial charge in [-0.25, -0.2) is 0 Å². The number of nitrogens with zero attached hydrogens (tertiary/aromatic N) is 1. The number of rotatable bonds is 7. The Morgan fingerprint density at radius 2 is 1.67 bits per heavy atom. The fourth-order valence-corrected chi connectivity index (χ4v) is 3.10. The number of halogens is 3. The minimum atomic E-state index is -0.722. The number of hydrogen-bond donors (Lipinski definition) is 1. The molecule has 0 saturated heterocycles. The summed E-state index contributed by atoms with van der Waals surface area (Å²) in [6.45, 7) is 7.28. The van der Waals surface area contributed by atoms with Gasteiger partial charge in [-0.15, -0.1) is 0 Å². The predicted octanol–water partition coefficient (Wildman–Crippen LogP) is 5.36. The molecule has 2 amide bonds. The van der Waals surface area contributed by atoms with Gasteiger partial charge in [0.15, 0.2) is 6.61 Å². The molecule has 0 aromatic heterocycles. The van der Waals surface area contributed by atoms with E-state index in [-0.39, 0.29) is 25.0 Å². The normalized spacial score (nSPS) is 12.2. The predicted molar refractivity (Wildman–Crippen MR) is 121 cm³/mol. The van der Waals surface area contributed by atoms with Crippen molar-refractivity contribution in [2.45, 2.75) is 45.8 Å². The third-order valence-electron chi connectivity index (χ3n) is 4.18. The smallest absolute Gasteiger partial charge is 0.261 e. The van der Waals surface area contributed by atoms with Crippen molar-refractivity contribution in [2.75, 3.05) is 6.61 Å². The monoisotopic (exact) mass is 470 g/mol. The second-order valence-electron chi connectivity index (χ2n) is 7.93. The first-order valence-electron chi connectivity index (χ1n) is 9.40. The third-order valence-corrected chi connectivity index (χ3v) is 5.17. The average Bonchev–Trinajstić information content (AvgIpc) is 2.66. The Hall–Kier alpha value is -1.95. The molecular formula is C22H25Cl3N2O3. The Bertz CT molecular complexity index is 895. The van der Waals surface area contributed by atoms with Crippen molar-refractivity contribution in [2.24, 2.45) is 0 Å². The summed E-state index contributed by atoms with van der Waals surface area (Å²) < 4.78 is 5.59. The van der Waals surface area contributed by atoms with Gasteiger partial charge in [-0.2, -0.15) is 0 Å². The molecular weight excluding hydrogens is 447 g/mol. The van der Waals surface area contributed by atoms with Crippen LogP contribution in [0.3, 0.4) is 0 Å². The van der Waals surface area contributed by atoms with E-state index >= 15 is 0 Å². The zero-order chi connectivity index (χ0) is 22.5. The van der Waals surface area contributed by atoms with Crippen LogP contribution in [0.4, 0.5) is 0 Å². The fraction of sp³-hybridized carbons (Fsp3) is 0.364. The first-order chi connectivity index (χ1) is 14.0. The molecule has 0 heterocycles. The van der Waals surface area contributed by atoms with Crippen LogP contribution in [0.2, 0.25) is 15.1 Å². The van der Waals surface area contributed by atoms with Gasteiger partial charge >= 0.3 is 0 Å². The van der Waals surface area contributed by atoms with Gasteiger partial charge in [0.05, 0.1) is 10.0 Å². The Balaban J connectivity index is 2.19. The lowest BCUT2D eigenvalue weighted by Gasteiger charge is -2.31. The second kappa shape index (κ2) is 10.4. The molecule has 0 saturated carbocycles. The molecule has 0 bridgehead atoms. The Morgan fingerprint density at radius 1 is 1.03 bits per heavy atom. The molecule has 2 aromatic rings. The number of hydrogen-bond acceptors (Lipinski definition) is 3.